The van der Waals surface area contributed by atoms with E-state index < -0.39 is 0 Å². The van der Waals surface area contributed by atoms with Gasteiger partial charge in [-0.2, -0.15) is 0 Å². The van der Waals surface area contributed by atoms with Gasteiger partial charge >= 0.3 is 0 Å². The lowest BCUT2D eigenvalue weighted by Crippen LogP contribution is -2.40. The fourth-order valence-electron chi connectivity index (χ4n) is 3.40. The Morgan fingerprint density at radius 1 is 1.15 bits per heavy atom. The van der Waals surface area contributed by atoms with Gasteiger partial charge in [-0.15, -0.1) is 11.6 Å². The molecule has 0 spiro atoms. The van der Waals surface area contributed by atoms with Crippen LogP contribution in [0.3, 0.4) is 0 Å². The van der Waals surface area contributed by atoms with Crippen LogP contribution in [0.2, 0.25) is 0 Å². The van der Waals surface area contributed by atoms with E-state index in [1.807, 2.05) is 0 Å². The number of rotatable bonds is 3. The van der Waals surface area contributed by atoms with Crippen molar-refractivity contribution in [3.8, 4) is 0 Å². The number of piperidine rings is 1. The van der Waals surface area contributed by atoms with Crippen LogP contribution in [-0.2, 0) is 5.88 Å². The molecular weight excluding hydrogens is 336 g/mol. The first-order valence-electron chi connectivity index (χ1n) is 7.61. The fourth-order valence-corrected chi connectivity index (χ4v) is 4.30. The summed E-state index contributed by atoms with van der Waals surface area (Å²) < 4.78 is 1.13. The molecule has 2 nitrogen and oxygen atoms in total. The van der Waals surface area contributed by atoms with Crippen molar-refractivity contribution in [2.24, 2.45) is 0 Å². The maximum Gasteiger partial charge on any atom is 0.0485 e. The highest BCUT2D eigenvalue weighted by Crippen LogP contribution is 2.29. The van der Waals surface area contributed by atoms with Gasteiger partial charge < -0.3 is 4.90 Å². The minimum atomic E-state index is 0.567. The van der Waals surface area contributed by atoms with E-state index in [4.69, 9.17) is 11.6 Å². The summed E-state index contributed by atoms with van der Waals surface area (Å²) in [7, 11) is 0. The van der Waals surface area contributed by atoms with Crippen molar-refractivity contribution in [1.82, 2.24) is 4.90 Å². The highest BCUT2D eigenvalue weighted by atomic mass is 79.9. The minimum Gasteiger partial charge on any atom is -0.370 e. The van der Waals surface area contributed by atoms with Gasteiger partial charge in [-0.1, -0.05) is 28.4 Å². The standard InChI is InChI=1S/C16H22BrClN2/c17-16-10-14(5-4-13(16)11-18)20-9-6-15(12-20)19-7-2-1-3-8-19/h4-5,10,15H,1-3,6-9,11-12H2. The topological polar surface area (TPSA) is 6.48 Å². The van der Waals surface area contributed by atoms with Crippen LogP contribution in [0.25, 0.3) is 0 Å². The predicted molar refractivity (Wildman–Crippen MR) is 89.7 cm³/mol. The molecule has 0 N–H and O–H groups in total. The van der Waals surface area contributed by atoms with Crippen LogP contribution in [0.5, 0.6) is 0 Å². The average molecular weight is 358 g/mol. The molecule has 0 aliphatic carbocycles. The Labute approximate surface area is 135 Å². The zero-order chi connectivity index (χ0) is 13.9. The van der Waals surface area contributed by atoms with Gasteiger partial charge in [0.1, 0.15) is 0 Å². The van der Waals surface area contributed by atoms with Crippen LogP contribution in [0, 0.1) is 0 Å². The zero-order valence-electron chi connectivity index (χ0n) is 11.8. The molecule has 0 saturated carbocycles. The third-order valence-corrected chi connectivity index (χ3v) is 5.64. The number of alkyl halides is 1. The third-order valence-electron chi connectivity index (χ3n) is 4.62. The molecule has 1 aromatic carbocycles. The van der Waals surface area contributed by atoms with Gasteiger partial charge in [0.15, 0.2) is 0 Å². The molecule has 2 aliphatic rings. The maximum absolute atomic E-state index is 5.92. The first-order chi connectivity index (χ1) is 9.78. The van der Waals surface area contributed by atoms with E-state index in [2.05, 4.69) is 43.9 Å². The summed E-state index contributed by atoms with van der Waals surface area (Å²) in [4.78, 5) is 5.22. The van der Waals surface area contributed by atoms with E-state index in [0.717, 1.165) is 10.5 Å². The van der Waals surface area contributed by atoms with Crippen molar-refractivity contribution < 1.29 is 0 Å². The molecule has 3 rings (SSSR count). The SMILES string of the molecule is ClCc1ccc(N2CCC(N3CCCCC3)C2)cc1Br. The Balaban J connectivity index is 1.65. The van der Waals surface area contributed by atoms with Crippen molar-refractivity contribution in [2.45, 2.75) is 37.6 Å². The monoisotopic (exact) mass is 356 g/mol. The molecule has 1 unspecified atom stereocenters. The lowest BCUT2D eigenvalue weighted by Gasteiger charge is -2.32. The Morgan fingerprint density at radius 3 is 2.65 bits per heavy atom. The van der Waals surface area contributed by atoms with Gasteiger partial charge in [-0.25, -0.2) is 0 Å². The molecule has 2 fully saturated rings. The smallest absolute Gasteiger partial charge is 0.0485 e. The molecule has 2 heterocycles. The lowest BCUT2D eigenvalue weighted by atomic mass is 10.1. The van der Waals surface area contributed by atoms with Gasteiger partial charge in [-0.05, 0) is 50.0 Å². The lowest BCUT2D eigenvalue weighted by molar-refractivity contribution is 0.175. The van der Waals surface area contributed by atoms with Gasteiger partial charge in [-0.3, -0.25) is 4.90 Å². The molecule has 0 amide bonds. The van der Waals surface area contributed by atoms with Crippen LogP contribution in [0.4, 0.5) is 5.69 Å². The van der Waals surface area contributed by atoms with Crippen LogP contribution in [-0.4, -0.2) is 37.1 Å². The first kappa shape index (κ1) is 14.7. The third kappa shape index (κ3) is 3.15. The number of hydrogen-bond donors (Lipinski definition) is 0. The summed E-state index contributed by atoms with van der Waals surface area (Å²) in [6.45, 7) is 4.95. The van der Waals surface area contributed by atoms with E-state index in [-0.39, 0.29) is 0 Å². The van der Waals surface area contributed by atoms with Crippen LogP contribution in [0.15, 0.2) is 22.7 Å². The van der Waals surface area contributed by atoms with Gasteiger partial charge in [0, 0.05) is 35.2 Å². The normalized spacial score (nSPS) is 24.3. The Morgan fingerprint density at radius 2 is 1.95 bits per heavy atom. The Hall–Kier alpha value is -0.250. The highest BCUT2D eigenvalue weighted by Gasteiger charge is 2.28. The van der Waals surface area contributed by atoms with Crippen LogP contribution in [0.1, 0.15) is 31.2 Å². The molecule has 0 aromatic heterocycles. The van der Waals surface area contributed by atoms with Crippen molar-refractivity contribution in [2.75, 3.05) is 31.1 Å². The Bertz CT molecular complexity index is 460. The molecule has 4 heteroatoms. The average Bonchev–Trinajstić information content (AvgIpc) is 2.98. The van der Waals surface area contributed by atoms with Gasteiger partial charge in [0.2, 0.25) is 0 Å². The summed E-state index contributed by atoms with van der Waals surface area (Å²) in [6, 6.07) is 7.32. The second kappa shape index (κ2) is 6.67. The summed E-state index contributed by atoms with van der Waals surface area (Å²) in [5, 5.41) is 0. The van der Waals surface area contributed by atoms with Crippen LogP contribution >= 0.6 is 27.5 Å². The summed E-state index contributed by atoms with van der Waals surface area (Å²) in [6.07, 6.45) is 5.48. The molecule has 1 atom stereocenters. The first-order valence-corrected chi connectivity index (χ1v) is 8.94. The number of nitrogens with zero attached hydrogens (tertiary/aromatic N) is 2. The quantitative estimate of drug-likeness (QED) is 0.746. The second-order valence-corrected chi connectivity index (χ2v) is 7.02. The van der Waals surface area contributed by atoms with E-state index in [9.17, 15) is 0 Å². The number of anilines is 1. The summed E-state index contributed by atoms with van der Waals surface area (Å²) in [5.74, 6) is 0.567. The van der Waals surface area contributed by atoms with Gasteiger partial charge in [0.25, 0.3) is 0 Å². The van der Waals surface area contributed by atoms with Gasteiger partial charge in [0.05, 0.1) is 0 Å². The molecule has 0 bridgehead atoms. The number of halogens is 2. The molecule has 2 aliphatic heterocycles. The molecule has 110 valence electrons. The van der Waals surface area contributed by atoms with Crippen LogP contribution < -0.4 is 4.90 Å². The van der Waals surface area contributed by atoms with Crippen molar-refractivity contribution >= 4 is 33.2 Å². The fraction of sp³-hybridized carbons (Fsp3) is 0.625. The van der Waals surface area contributed by atoms with Crippen molar-refractivity contribution in [1.29, 1.82) is 0 Å². The molecule has 0 radical (unpaired) electrons. The van der Waals surface area contributed by atoms with E-state index in [0.29, 0.717) is 5.88 Å². The highest BCUT2D eigenvalue weighted by molar-refractivity contribution is 9.10. The summed E-state index contributed by atoms with van der Waals surface area (Å²) in [5.41, 5.74) is 2.49. The van der Waals surface area contributed by atoms with Crippen molar-refractivity contribution in [3.05, 3.63) is 28.2 Å². The zero-order valence-corrected chi connectivity index (χ0v) is 14.2. The predicted octanol–water partition coefficient (Wildman–Crippen LogP) is 4.25. The molecular formula is C16H22BrClN2. The molecule has 2 saturated heterocycles. The van der Waals surface area contributed by atoms with E-state index in [1.165, 1.54) is 63.1 Å². The number of hydrogen-bond acceptors (Lipinski definition) is 2. The second-order valence-electron chi connectivity index (χ2n) is 5.89. The number of likely N-dealkylation sites (tertiary alicyclic amines) is 1. The Kier molecular flexibility index (Phi) is 4.90. The maximum atomic E-state index is 5.92. The minimum absolute atomic E-state index is 0.567. The van der Waals surface area contributed by atoms with E-state index >= 15 is 0 Å². The van der Waals surface area contributed by atoms with Crippen molar-refractivity contribution in [3.63, 3.8) is 0 Å². The molecule has 20 heavy (non-hydrogen) atoms. The largest absolute Gasteiger partial charge is 0.370 e. The molecule has 1 aromatic rings. The van der Waals surface area contributed by atoms with E-state index in [1.54, 1.807) is 0 Å². The summed E-state index contributed by atoms with van der Waals surface area (Å²) >= 11 is 9.54. The number of benzene rings is 1.